The zero-order valence-electron chi connectivity index (χ0n) is 30.9. The lowest BCUT2D eigenvalue weighted by molar-refractivity contribution is -0.141. The highest BCUT2D eigenvalue weighted by molar-refractivity contribution is 6.18. The van der Waals surface area contributed by atoms with Crippen LogP contribution in [-0.4, -0.2) is 44.1 Å². The number of carbonyl (C=O) groups excluding carboxylic acids is 4. The van der Waals surface area contributed by atoms with Crippen LogP contribution in [0, 0.1) is 0 Å². The molecule has 270 valence electrons. The van der Waals surface area contributed by atoms with Gasteiger partial charge in [0.1, 0.15) is 0 Å². The van der Waals surface area contributed by atoms with Crippen molar-refractivity contribution >= 4 is 78.5 Å². The number of hydrogen-bond acceptors (Lipinski definition) is 8. The first-order valence-corrected chi connectivity index (χ1v) is 17.8. The fourth-order valence-corrected chi connectivity index (χ4v) is 7.10. The zero-order valence-corrected chi connectivity index (χ0v) is 30.9. The number of aromatic nitrogens is 2. The molecule has 0 saturated carbocycles. The molecule has 0 spiro atoms. The van der Waals surface area contributed by atoms with Gasteiger partial charge in [0.25, 0.3) is 0 Å². The van der Waals surface area contributed by atoms with E-state index >= 15 is 0 Å². The van der Waals surface area contributed by atoms with Gasteiger partial charge in [-0.1, -0.05) is 46.7 Å². The number of nitrogens with zero attached hydrogens (tertiary/aromatic N) is 4. The van der Waals surface area contributed by atoms with Gasteiger partial charge in [0.15, 0.2) is 11.6 Å². The van der Waals surface area contributed by atoms with Crippen molar-refractivity contribution in [3.05, 3.63) is 130 Å². The molecular formula is C44H38N4O6. The van der Waals surface area contributed by atoms with Crippen molar-refractivity contribution in [3.8, 4) is 0 Å². The fraction of sp³-hybridized carbons (Fsp3) is 0.182. The Morgan fingerprint density at radius 1 is 0.444 bits per heavy atom. The number of aryl methyl sites for hydroxylation is 2. The van der Waals surface area contributed by atoms with Gasteiger partial charge in [-0.2, -0.15) is 0 Å². The summed E-state index contributed by atoms with van der Waals surface area (Å²) in [4.78, 5) is 60.0. The predicted octanol–water partition coefficient (Wildman–Crippen LogP) is 8.98. The van der Waals surface area contributed by atoms with Crippen molar-refractivity contribution in [3.63, 3.8) is 0 Å². The summed E-state index contributed by atoms with van der Waals surface area (Å²) in [7, 11) is 0. The van der Waals surface area contributed by atoms with Crippen molar-refractivity contribution in [1.82, 2.24) is 9.13 Å². The van der Waals surface area contributed by atoms with Crippen LogP contribution in [0.4, 0.5) is 0 Å². The van der Waals surface area contributed by atoms with Gasteiger partial charge in [0.2, 0.25) is 0 Å². The molecule has 0 aliphatic rings. The molecule has 7 rings (SSSR count). The molecule has 0 aliphatic heterocycles. The highest BCUT2D eigenvalue weighted by Gasteiger charge is 2.19. The SMILES string of the molecule is CCn1c2ccc(C(=O)c3ccc(C(=O)c4ccc5c(c4)c4cc(/C(C)=N/OC(C)=O)ccc4n5CC)cc3)cc2c2cc(/C(C)=N/OC(C)=O)ccc21. The van der Waals surface area contributed by atoms with Crippen LogP contribution in [0.2, 0.25) is 0 Å². The fourth-order valence-electron chi connectivity index (χ4n) is 7.10. The van der Waals surface area contributed by atoms with Crippen LogP contribution >= 0.6 is 0 Å². The topological polar surface area (TPSA) is 121 Å². The lowest BCUT2D eigenvalue weighted by Crippen LogP contribution is -2.05. The monoisotopic (exact) mass is 718 g/mol. The molecule has 2 heterocycles. The minimum absolute atomic E-state index is 0.158. The van der Waals surface area contributed by atoms with Gasteiger partial charge >= 0.3 is 11.9 Å². The Morgan fingerprint density at radius 3 is 1.02 bits per heavy atom. The van der Waals surface area contributed by atoms with E-state index < -0.39 is 11.9 Å². The summed E-state index contributed by atoms with van der Waals surface area (Å²) in [6.45, 7) is 11.8. The van der Waals surface area contributed by atoms with E-state index in [2.05, 4.69) is 33.3 Å². The van der Waals surface area contributed by atoms with E-state index in [0.29, 0.717) is 33.7 Å². The Kier molecular flexibility index (Phi) is 9.51. The quantitative estimate of drug-likeness (QED) is 0.0603. The second-order valence-electron chi connectivity index (χ2n) is 13.2. The molecule has 0 atom stereocenters. The highest BCUT2D eigenvalue weighted by atomic mass is 16.7. The molecule has 54 heavy (non-hydrogen) atoms. The number of oxime groups is 2. The molecule has 2 aromatic heterocycles. The Hall–Kier alpha value is -6.68. The van der Waals surface area contributed by atoms with Crippen LogP contribution in [0.25, 0.3) is 43.6 Å². The van der Waals surface area contributed by atoms with Gasteiger partial charge in [0, 0.05) is 92.8 Å². The molecule has 0 radical (unpaired) electrons. The van der Waals surface area contributed by atoms with Crippen molar-refractivity contribution in [2.75, 3.05) is 0 Å². The number of rotatable bonds is 10. The van der Waals surface area contributed by atoms with Gasteiger partial charge in [0.05, 0.1) is 11.4 Å². The lowest BCUT2D eigenvalue weighted by atomic mass is 9.97. The molecular weight excluding hydrogens is 681 g/mol. The third kappa shape index (κ3) is 6.47. The Labute approximate surface area is 311 Å². The summed E-state index contributed by atoms with van der Waals surface area (Å²) in [6.07, 6.45) is 0. The van der Waals surface area contributed by atoms with Crippen LogP contribution in [0.15, 0.2) is 107 Å². The van der Waals surface area contributed by atoms with Crippen LogP contribution in [0.3, 0.4) is 0 Å². The van der Waals surface area contributed by atoms with Gasteiger partial charge in [-0.25, -0.2) is 9.59 Å². The van der Waals surface area contributed by atoms with Crippen molar-refractivity contribution in [2.24, 2.45) is 10.3 Å². The van der Waals surface area contributed by atoms with E-state index in [4.69, 9.17) is 9.68 Å². The summed E-state index contributed by atoms with van der Waals surface area (Å²) < 4.78 is 4.39. The van der Waals surface area contributed by atoms with E-state index in [1.807, 2.05) is 72.8 Å². The lowest BCUT2D eigenvalue weighted by Gasteiger charge is -2.07. The summed E-state index contributed by atoms with van der Waals surface area (Å²) in [5.41, 5.74) is 8.75. The molecule has 0 bridgehead atoms. The normalized spacial score (nSPS) is 12.2. The Balaban J connectivity index is 1.19. The maximum absolute atomic E-state index is 13.8. The molecule has 10 nitrogen and oxygen atoms in total. The highest BCUT2D eigenvalue weighted by Crippen LogP contribution is 2.33. The van der Waals surface area contributed by atoms with E-state index in [-0.39, 0.29) is 11.6 Å². The molecule has 0 amide bonds. The minimum Gasteiger partial charge on any atom is -0.341 e. The maximum Gasteiger partial charge on any atom is 0.331 e. The summed E-state index contributed by atoms with van der Waals surface area (Å²) in [5, 5.41) is 11.6. The van der Waals surface area contributed by atoms with Crippen molar-refractivity contribution < 1.29 is 28.9 Å². The van der Waals surface area contributed by atoms with Gasteiger partial charge in [-0.05, 0) is 99.5 Å². The first-order valence-electron chi connectivity index (χ1n) is 17.8. The molecule has 0 N–H and O–H groups in total. The van der Waals surface area contributed by atoms with Crippen molar-refractivity contribution in [1.29, 1.82) is 0 Å². The molecule has 5 aromatic carbocycles. The van der Waals surface area contributed by atoms with Crippen LogP contribution in [0.1, 0.15) is 84.5 Å². The summed E-state index contributed by atoms with van der Waals surface area (Å²) in [5.74, 6) is -1.30. The van der Waals surface area contributed by atoms with Gasteiger partial charge in [-0.15, -0.1) is 0 Å². The molecule has 0 unspecified atom stereocenters. The second kappa shape index (κ2) is 14.4. The second-order valence-corrected chi connectivity index (χ2v) is 13.2. The van der Waals surface area contributed by atoms with Crippen LogP contribution in [-0.2, 0) is 32.4 Å². The largest absolute Gasteiger partial charge is 0.341 e. The van der Waals surface area contributed by atoms with Crippen LogP contribution < -0.4 is 0 Å². The van der Waals surface area contributed by atoms with Gasteiger partial charge in [-0.3, -0.25) is 9.59 Å². The van der Waals surface area contributed by atoms with E-state index in [9.17, 15) is 19.2 Å². The molecule has 0 aliphatic carbocycles. The number of fused-ring (bicyclic) bond motifs is 6. The van der Waals surface area contributed by atoms with E-state index in [1.54, 1.807) is 38.1 Å². The standard InChI is InChI=1S/C44H38N4O6/c1-7-47-39-17-13-31(25(3)45-53-27(5)49)21-35(39)37-23-33(15-19-41(37)47)43(51)29-9-11-30(12-10-29)44(52)34-16-20-42-38(24-34)36-22-32(26(4)46-54-28(6)50)14-18-40(36)48(42)8-2/h9-24H,7-8H2,1-6H3/b45-25+,46-26+. The minimum atomic E-state index is -0.493. The summed E-state index contributed by atoms with van der Waals surface area (Å²) >= 11 is 0. The average molecular weight is 719 g/mol. The first-order chi connectivity index (χ1) is 26.0. The average Bonchev–Trinajstić information content (AvgIpc) is 3.68. The van der Waals surface area contributed by atoms with E-state index in [0.717, 1.165) is 67.8 Å². The van der Waals surface area contributed by atoms with Crippen molar-refractivity contribution in [2.45, 2.75) is 54.6 Å². The Morgan fingerprint density at radius 2 is 0.722 bits per heavy atom. The smallest absolute Gasteiger partial charge is 0.331 e. The summed E-state index contributed by atoms with van der Waals surface area (Å²) in [6, 6.07) is 30.1. The zero-order chi connectivity index (χ0) is 38.3. The Bertz CT molecular complexity index is 2560. The number of carbonyl (C=O) groups is 4. The molecule has 0 fully saturated rings. The molecule has 0 saturated heterocycles. The number of benzene rings is 5. The van der Waals surface area contributed by atoms with Crippen LogP contribution in [0.5, 0.6) is 0 Å². The molecule has 7 aromatic rings. The number of hydrogen-bond donors (Lipinski definition) is 0. The third-order valence-corrected chi connectivity index (χ3v) is 9.75. The van der Waals surface area contributed by atoms with Gasteiger partial charge < -0.3 is 18.8 Å². The third-order valence-electron chi connectivity index (χ3n) is 9.75. The molecule has 10 heteroatoms. The number of ketones is 2. The first kappa shape index (κ1) is 35.7. The predicted molar refractivity (Wildman–Crippen MR) is 211 cm³/mol. The van der Waals surface area contributed by atoms with E-state index in [1.165, 1.54) is 13.8 Å². The maximum atomic E-state index is 13.8.